The summed E-state index contributed by atoms with van der Waals surface area (Å²) in [4.78, 5) is 17.6. The predicted molar refractivity (Wildman–Crippen MR) is 91.2 cm³/mol. The van der Waals surface area contributed by atoms with Gasteiger partial charge in [0.25, 0.3) is 0 Å². The molecule has 0 bridgehead atoms. The molecule has 0 aliphatic heterocycles. The second-order valence-corrected chi connectivity index (χ2v) is 5.58. The molecule has 7 heteroatoms. The van der Waals surface area contributed by atoms with Crippen molar-refractivity contribution in [1.82, 2.24) is 29.1 Å². The summed E-state index contributed by atoms with van der Waals surface area (Å²) >= 11 is 0. The van der Waals surface area contributed by atoms with Gasteiger partial charge in [0.1, 0.15) is 24.0 Å². The zero-order valence-electron chi connectivity index (χ0n) is 12.9. The van der Waals surface area contributed by atoms with Crippen LogP contribution in [-0.4, -0.2) is 29.1 Å². The van der Waals surface area contributed by atoms with Crippen molar-refractivity contribution in [2.45, 2.75) is 0 Å². The standard InChI is InChI=1S/C18H11FN6/c19-12-6-7-16-14(8-12)21-11-25(16)18-20-9-15-17(23-18)24(10-22-15)13-4-2-1-3-5-13/h1-11H. The maximum absolute atomic E-state index is 13.4. The topological polar surface area (TPSA) is 61.4 Å². The van der Waals surface area contributed by atoms with E-state index in [0.717, 1.165) is 11.2 Å². The molecule has 0 aliphatic rings. The van der Waals surface area contributed by atoms with E-state index in [1.807, 2.05) is 34.9 Å². The van der Waals surface area contributed by atoms with Crippen molar-refractivity contribution in [2.75, 3.05) is 0 Å². The van der Waals surface area contributed by atoms with E-state index in [4.69, 9.17) is 0 Å². The van der Waals surface area contributed by atoms with Gasteiger partial charge >= 0.3 is 0 Å². The molecular formula is C18H11FN6. The molecule has 0 unspecified atom stereocenters. The average Bonchev–Trinajstić information content (AvgIpc) is 3.25. The third kappa shape index (κ3) is 2.17. The Bertz CT molecular complexity index is 1210. The molecule has 3 aromatic heterocycles. The number of nitrogens with zero attached hydrogens (tertiary/aromatic N) is 6. The lowest BCUT2D eigenvalue weighted by Gasteiger charge is -2.05. The zero-order chi connectivity index (χ0) is 16.8. The van der Waals surface area contributed by atoms with Gasteiger partial charge in [0.15, 0.2) is 5.65 Å². The van der Waals surface area contributed by atoms with Crippen molar-refractivity contribution in [3.8, 4) is 11.6 Å². The highest BCUT2D eigenvalue weighted by molar-refractivity contribution is 5.78. The van der Waals surface area contributed by atoms with Crippen LogP contribution in [-0.2, 0) is 0 Å². The highest BCUT2D eigenvalue weighted by Crippen LogP contribution is 2.20. The first kappa shape index (κ1) is 13.8. The van der Waals surface area contributed by atoms with Crippen LogP contribution in [0.4, 0.5) is 4.39 Å². The molecule has 0 fully saturated rings. The van der Waals surface area contributed by atoms with E-state index in [1.165, 1.54) is 12.1 Å². The number of hydrogen-bond donors (Lipinski definition) is 0. The number of aromatic nitrogens is 6. The van der Waals surface area contributed by atoms with Crippen molar-refractivity contribution in [2.24, 2.45) is 0 Å². The first-order valence-electron chi connectivity index (χ1n) is 7.68. The van der Waals surface area contributed by atoms with Gasteiger partial charge in [-0.05, 0) is 24.3 Å². The monoisotopic (exact) mass is 330 g/mol. The minimum absolute atomic E-state index is 0.323. The quantitative estimate of drug-likeness (QED) is 0.498. The van der Waals surface area contributed by atoms with Gasteiger partial charge in [-0.3, -0.25) is 9.13 Å². The van der Waals surface area contributed by atoms with Crippen molar-refractivity contribution >= 4 is 22.2 Å². The van der Waals surface area contributed by atoms with E-state index in [-0.39, 0.29) is 5.82 Å². The molecule has 5 rings (SSSR count). The van der Waals surface area contributed by atoms with E-state index in [0.29, 0.717) is 22.6 Å². The molecule has 0 saturated heterocycles. The predicted octanol–water partition coefficient (Wildman–Crippen LogP) is 3.29. The highest BCUT2D eigenvalue weighted by atomic mass is 19.1. The lowest BCUT2D eigenvalue weighted by Crippen LogP contribution is -2.02. The SMILES string of the molecule is Fc1ccc2c(c1)ncn2-c1ncc2ncn(-c3ccccc3)c2n1. The van der Waals surface area contributed by atoms with Crippen LogP contribution < -0.4 is 0 Å². The number of rotatable bonds is 2. The largest absolute Gasteiger partial charge is 0.283 e. The molecular weight excluding hydrogens is 319 g/mol. The normalized spacial score (nSPS) is 11.4. The van der Waals surface area contributed by atoms with E-state index >= 15 is 0 Å². The summed E-state index contributed by atoms with van der Waals surface area (Å²) < 4.78 is 17.0. The number of benzene rings is 2. The average molecular weight is 330 g/mol. The molecule has 0 amide bonds. The number of imidazole rings is 2. The van der Waals surface area contributed by atoms with Gasteiger partial charge < -0.3 is 0 Å². The number of halogens is 1. The van der Waals surface area contributed by atoms with Crippen LogP contribution in [0.2, 0.25) is 0 Å². The van der Waals surface area contributed by atoms with Gasteiger partial charge in [-0.1, -0.05) is 18.2 Å². The van der Waals surface area contributed by atoms with E-state index in [9.17, 15) is 4.39 Å². The van der Waals surface area contributed by atoms with Gasteiger partial charge in [-0.25, -0.2) is 19.3 Å². The Balaban J connectivity index is 1.72. The third-order valence-electron chi connectivity index (χ3n) is 4.04. The Hall–Kier alpha value is -3.61. The molecule has 0 saturated carbocycles. The van der Waals surface area contributed by atoms with E-state index < -0.39 is 0 Å². The molecule has 25 heavy (non-hydrogen) atoms. The minimum Gasteiger partial charge on any atom is -0.283 e. The van der Waals surface area contributed by atoms with Crippen LogP contribution in [0.15, 0.2) is 67.4 Å². The second kappa shape index (κ2) is 5.20. The smallest absolute Gasteiger partial charge is 0.237 e. The van der Waals surface area contributed by atoms with Crippen LogP contribution in [0.25, 0.3) is 33.8 Å². The molecule has 0 spiro atoms. The Morgan fingerprint density at radius 2 is 1.60 bits per heavy atom. The Labute approximate surface area is 141 Å². The van der Waals surface area contributed by atoms with Crippen molar-refractivity contribution in [1.29, 1.82) is 0 Å². The molecule has 120 valence electrons. The number of fused-ring (bicyclic) bond motifs is 2. The lowest BCUT2D eigenvalue weighted by molar-refractivity contribution is 0.629. The fraction of sp³-hybridized carbons (Fsp3) is 0. The molecule has 0 N–H and O–H groups in total. The Morgan fingerprint density at radius 1 is 0.800 bits per heavy atom. The van der Waals surface area contributed by atoms with E-state index in [2.05, 4.69) is 19.9 Å². The van der Waals surface area contributed by atoms with Gasteiger partial charge in [0.2, 0.25) is 5.95 Å². The first-order chi connectivity index (χ1) is 12.3. The van der Waals surface area contributed by atoms with Crippen LogP contribution in [0.3, 0.4) is 0 Å². The first-order valence-corrected chi connectivity index (χ1v) is 7.68. The third-order valence-corrected chi connectivity index (χ3v) is 4.04. The molecule has 5 aromatic rings. The fourth-order valence-electron chi connectivity index (χ4n) is 2.84. The molecule has 0 atom stereocenters. The van der Waals surface area contributed by atoms with Gasteiger partial charge in [-0.15, -0.1) is 0 Å². The summed E-state index contributed by atoms with van der Waals surface area (Å²) in [6.45, 7) is 0. The van der Waals surface area contributed by atoms with Crippen LogP contribution in [0.5, 0.6) is 0 Å². The maximum Gasteiger partial charge on any atom is 0.237 e. The second-order valence-electron chi connectivity index (χ2n) is 5.58. The number of hydrogen-bond acceptors (Lipinski definition) is 4. The minimum atomic E-state index is -0.323. The molecule has 0 aliphatic carbocycles. The highest BCUT2D eigenvalue weighted by Gasteiger charge is 2.12. The maximum atomic E-state index is 13.4. The van der Waals surface area contributed by atoms with Crippen molar-refractivity contribution in [3.05, 3.63) is 73.2 Å². The van der Waals surface area contributed by atoms with Crippen LogP contribution >= 0.6 is 0 Å². The van der Waals surface area contributed by atoms with Crippen molar-refractivity contribution < 1.29 is 4.39 Å². The molecule has 0 radical (unpaired) electrons. The fourth-order valence-corrected chi connectivity index (χ4v) is 2.84. The van der Waals surface area contributed by atoms with Crippen LogP contribution in [0, 0.1) is 5.82 Å². The summed E-state index contributed by atoms with van der Waals surface area (Å²) in [7, 11) is 0. The summed E-state index contributed by atoms with van der Waals surface area (Å²) in [6.07, 6.45) is 4.99. The molecule has 3 heterocycles. The van der Waals surface area contributed by atoms with Gasteiger partial charge in [0, 0.05) is 11.8 Å². The zero-order valence-corrected chi connectivity index (χ0v) is 12.9. The van der Waals surface area contributed by atoms with Gasteiger partial charge in [0.05, 0.1) is 17.2 Å². The van der Waals surface area contributed by atoms with Gasteiger partial charge in [-0.2, -0.15) is 4.98 Å². The van der Waals surface area contributed by atoms with Crippen LogP contribution in [0.1, 0.15) is 0 Å². The summed E-state index contributed by atoms with van der Waals surface area (Å²) in [5.74, 6) is 0.135. The Morgan fingerprint density at radius 3 is 2.48 bits per heavy atom. The molecule has 6 nitrogen and oxygen atoms in total. The number of para-hydroxylation sites is 1. The molecule has 2 aromatic carbocycles. The lowest BCUT2D eigenvalue weighted by atomic mass is 10.3. The Kier molecular flexibility index (Phi) is 2.87. The van der Waals surface area contributed by atoms with E-state index in [1.54, 1.807) is 29.5 Å². The van der Waals surface area contributed by atoms with Crippen molar-refractivity contribution in [3.63, 3.8) is 0 Å². The summed E-state index contributed by atoms with van der Waals surface area (Å²) in [5.41, 5.74) is 3.65. The summed E-state index contributed by atoms with van der Waals surface area (Å²) in [5, 5.41) is 0. The summed E-state index contributed by atoms with van der Waals surface area (Å²) in [6, 6.07) is 14.3.